The summed E-state index contributed by atoms with van der Waals surface area (Å²) in [7, 11) is 3.68. The lowest BCUT2D eigenvalue weighted by Gasteiger charge is -2.22. The van der Waals surface area contributed by atoms with Gasteiger partial charge in [0, 0.05) is 25.5 Å². The normalized spacial score (nSPS) is 15.5. The van der Waals surface area contributed by atoms with Gasteiger partial charge in [-0.1, -0.05) is 12.1 Å². The van der Waals surface area contributed by atoms with Crippen molar-refractivity contribution in [3.8, 4) is 0 Å². The Kier molecular flexibility index (Phi) is 6.21. The van der Waals surface area contributed by atoms with Gasteiger partial charge in [-0.25, -0.2) is 9.37 Å². The molecular weight excluding hydrogens is 351 g/mol. The van der Waals surface area contributed by atoms with Crippen LogP contribution in [0.4, 0.5) is 4.39 Å². The van der Waals surface area contributed by atoms with E-state index in [0.717, 1.165) is 17.8 Å². The molecule has 0 spiro atoms. The molecule has 0 bridgehead atoms. The predicted molar refractivity (Wildman–Crippen MR) is 103 cm³/mol. The topological polar surface area (TPSA) is 60.8 Å². The van der Waals surface area contributed by atoms with Crippen molar-refractivity contribution in [3.05, 3.63) is 51.2 Å². The molecule has 1 aliphatic rings. The Bertz CT molecular complexity index is 736. The molecule has 7 heteroatoms. The van der Waals surface area contributed by atoms with Gasteiger partial charge >= 0.3 is 0 Å². The zero-order valence-corrected chi connectivity index (χ0v) is 16.0. The van der Waals surface area contributed by atoms with E-state index >= 15 is 0 Å². The summed E-state index contributed by atoms with van der Waals surface area (Å²) in [6.07, 6.45) is 4.00. The first kappa shape index (κ1) is 18.8. The summed E-state index contributed by atoms with van der Waals surface area (Å²) in [5.74, 6) is 0.384. The lowest BCUT2D eigenvalue weighted by atomic mass is 10.0. The van der Waals surface area contributed by atoms with Crippen LogP contribution in [0.15, 0.2) is 29.3 Å². The summed E-state index contributed by atoms with van der Waals surface area (Å²) in [5.41, 5.74) is 1.93. The number of rotatable bonds is 5. The highest BCUT2D eigenvalue weighted by atomic mass is 32.1. The molecule has 1 aromatic carbocycles. The maximum absolute atomic E-state index is 13.0. The number of hydrogen-bond acceptors (Lipinski definition) is 4. The maximum atomic E-state index is 13.0. The minimum Gasteiger partial charge on any atom is -0.387 e. The minimum atomic E-state index is -0.729. The number of nitrogens with one attached hydrogen (secondary N) is 1. The molecule has 2 aromatic rings. The van der Waals surface area contributed by atoms with E-state index in [-0.39, 0.29) is 5.82 Å². The van der Waals surface area contributed by atoms with E-state index in [1.165, 1.54) is 35.5 Å². The number of thiazole rings is 1. The fourth-order valence-corrected chi connectivity index (χ4v) is 4.34. The van der Waals surface area contributed by atoms with E-state index in [9.17, 15) is 9.50 Å². The molecule has 0 fully saturated rings. The molecule has 1 unspecified atom stereocenters. The third-order valence-corrected chi connectivity index (χ3v) is 5.69. The Morgan fingerprint density at radius 1 is 1.35 bits per heavy atom. The van der Waals surface area contributed by atoms with E-state index in [1.54, 1.807) is 30.5 Å². The van der Waals surface area contributed by atoms with Gasteiger partial charge in [-0.2, -0.15) is 0 Å². The van der Waals surface area contributed by atoms with Crippen LogP contribution in [0, 0.1) is 5.82 Å². The average Bonchev–Trinajstić information content (AvgIpc) is 3.04. The third-order valence-electron chi connectivity index (χ3n) is 4.54. The fourth-order valence-electron chi connectivity index (χ4n) is 3.13. The molecule has 140 valence electrons. The lowest BCUT2D eigenvalue weighted by Crippen LogP contribution is -2.40. The van der Waals surface area contributed by atoms with Crippen LogP contribution in [0.25, 0.3) is 0 Å². The third kappa shape index (κ3) is 4.59. The summed E-state index contributed by atoms with van der Waals surface area (Å²) in [4.78, 5) is 12.5. The highest BCUT2D eigenvalue weighted by Crippen LogP contribution is 2.27. The number of guanidine groups is 1. The van der Waals surface area contributed by atoms with E-state index in [4.69, 9.17) is 4.98 Å². The van der Waals surface area contributed by atoms with Gasteiger partial charge in [0.05, 0.1) is 18.3 Å². The Morgan fingerprint density at radius 3 is 2.77 bits per heavy atom. The van der Waals surface area contributed by atoms with E-state index in [0.29, 0.717) is 24.6 Å². The largest absolute Gasteiger partial charge is 0.387 e. The number of aryl methyl sites for hydroxylation is 2. The van der Waals surface area contributed by atoms with Gasteiger partial charge in [0.25, 0.3) is 0 Å². The van der Waals surface area contributed by atoms with Crippen LogP contribution in [-0.4, -0.2) is 41.6 Å². The van der Waals surface area contributed by atoms with Crippen molar-refractivity contribution in [3.63, 3.8) is 0 Å². The van der Waals surface area contributed by atoms with Crippen molar-refractivity contribution in [2.24, 2.45) is 4.99 Å². The molecule has 1 heterocycles. The van der Waals surface area contributed by atoms with Gasteiger partial charge in [0.2, 0.25) is 0 Å². The van der Waals surface area contributed by atoms with Crippen molar-refractivity contribution < 1.29 is 9.50 Å². The molecule has 0 saturated carbocycles. The molecule has 0 saturated heterocycles. The highest BCUT2D eigenvalue weighted by molar-refractivity contribution is 7.11. The van der Waals surface area contributed by atoms with Crippen LogP contribution in [0.2, 0.25) is 0 Å². The van der Waals surface area contributed by atoms with Gasteiger partial charge in [-0.15, -0.1) is 11.3 Å². The van der Waals surface area contributed by atoms with Gasteiger partial charge in [0.15, 0.2) is 5.96 Å². The Balaban J connectivity index is 1.56. The summed E-state index contributed by atoms with van der Waals surface area (Å²) in [6, 6.07) is 5.88. The van der Waals surface area contributed by atoms with Crippen LogP contribution in [0.3, 0.4) is 0 Å². The number of aliphatic hydroxyl groups is 1. The fraction of sp³-hybridized carbons (Fsp3) is 0.474. The van der Waals surface area contributed by atoms with E-state index in [1.807, 2.05) is 11.9 Å². The summed E-state index contributed by atoms with van der Waals surface area (Å²) in [5, 5.41) is 14.5. The first-order valence-electron chi connectivity index (χ1n) is 8.89. The summed E-state index contributed by atoms with van der Waals surface area (Å²) in [6.45, 7) is 0.987. The highest BCUT2D eigenvalue weighted by Gasteiger charge is 2.17. The van der Waals surface area contributed by atoms with Crippen molar-refractivity contribution in [2.75, 3.05) is 20.6 Å². The zero-order valence-electron chi connectivity index (χ0n) is 15.2. The van der Waals surface area contributed by atoms with Gasteiger partial charge < -0.3 is 15.3 Å². The van der Waals surface area contributed by atoms with Gasteiger partial charge in [-0.3, -0.25) is 4.99 Å². The first-order chi connectivity index (χ1) is 12.6. The minimum absolute atomic E-state index is 0.303. The molecular formula is C19H25FN4OS. The van der Waals surface area contributed by atoms with Crippen LogP contribution >= 0.6 is 11.3 Å². The van der Waals surface area contributed by atoms with Crippen molar-refractivity contribution in [1.82, 2.24) is 15.2 Å². The smallest absolute Gasteiger partial charge is 0.193 e. The zero-order chi connectivity index (χ0) is 18.5. The lowest BCUT2D eigenvalue weighted by molar-refractivity contribution is 0.179. The van der Waals surface area contributed by atoms with Crippen LogP contribution < -0.4 is 5.32 Å². The second-order valence-corrected chi connectivity index (χ2v) is 7.70. The monoisotopic (exact) mass is 376 g/mol. The molecule has 26 heavy (non-hydrogen) atoms. The van der Waals surface area contributed by atoms with Crippen molar-refractivity contribution in [1.29, 1.82) is 0 Å². The Morgan fingerprint density at radius 2 is 2.08 bits per heavy atom. The Labute approximate surface area is 157 Å². The number of aliphatic imine (C=N–C) groups is 1. The molecule has 1 aromatic heterocycles. The summed E-state index contributed by atoms with van der Waals surface area (Å²) < 4.78 is 13.0. The Hall–Kier alpha value is -1.99. The maximum Gasteiger partial charge on any atom is 0.193 e. The van der Waals surface area contributed by atoms with Gasteiger partial charge in [-0.05, 0) is 43.4 Å². The molecule has 0 amide bonds. The molecule has 0 radical (unpaired) electrons. The number of aromatic nitrogens is 1. The molecule has 5 nitrogen and oxygen atoms in total. The second-order valence-electron chi connectivity index (χ2n) is 6.54. The molecule has 1 atom stereocenters. The average molecular weight is 377 g/mol. The van der Waals surface area contributed by atoms with Crippen molar-refractivity contribution in [2.45, 2.75) is 38.3 Å². The van der Waals surface area contributed by atoms with Crippen LogP contribution in [-0.2, 0) is 19.4 Å². The quantitative estimate of drug-likeness (QED) is 0.622. The number of benzene rings is 1. The number of hydrogen-bond donors (Lipinski definition) is 2. The van der Waals surface area contributed by atoms with Crippen molar-refractivity contribution >= 4 is 17.3 Å². The summed E-state index contributed by atoms with van der Waals surface area (Å²) >= 11 is 1.79. The molecule has 0 aliphatic heterocycles. The number of nitrogens with zero attached hydrogens (tertiary/aromatic N) is 3. The second kappa shape index (κ2) is 8.60. The first-order valence-corrected chi connectivity index (χ1v) is 9.71. The van der Waals surface area contributed by atoms with Gasteiger partial charge in [0.1, 0.15) is 10.8 Å². The standard InChI is InChI=1S/C19H25FN4OS/c1-21-19(22-11-16(25)13-7-9-14(20)10-8-13)24(2)12-18-23-15-5-3-4-6-17(15)26-18/h7-10,16,25H,3-6,11-12H2,1-2H3,(H,21,22). The number of aliphatic hydroxyl groups excluding tert-OH is 1. The number of halogens is 1. The molecule has 1 aliphatic carbocycles. The number of fused-ring (bicyclic) bond motifs is 1. The SMILES string of the molecule is CN=C(NCC(O)c1ccc(F)cc1)N(C)Cc1nc2c(s1)CCCC2. The van der Waals surface area contributed by atoms with Crippen LogP contribution in [0.5, 0.6) is 0 Å². The predicted octanol–water partition coefficient (Wildman–Crippen LogP) is 2.90. The molecule has 2 N–H and O–H groups in total. The van der Waals surface area contributed by atoms with E-state index in [2.05, 4.69) is 10.3 Å². The molecule has 3 rings (SSSR count). The van der Waals surface area contributed by atoms with E-state index < -0.39 is 6.10 Å². The van der Waals surface area contributed by atoms with Crippen LogP contribution in [0.1, 0.15) is 40.1 Å².